The average Bonchev–Trinajstić information content (AvgIpc) is 3.00. The summed E-state index contributed by atoms with van der Waals surface area (Å²) in [4.78, 5) is 18.3. The quantitative estimate of drug-likeness (QED) is 0.732. The molecule has 1 aromatic heterocycles. The molecule has 24 heavy (non-hydrogen) atoms. The molecule has 7 heteroatoms. The fourth-order valence-electron chi connectivity index (χ4n) is 2.73. The fraction of sp³-hybridized carbons (Fsp3) is 0.353. The maximum atomic E-state index is 12.8. The van der Waals surface area contributed by atoms with Gasteiger partial charge in [-0.3, -0.25) is 9.69 Å². The Bertz CT molecular complexity index is 729. The maximum Gasteiger partial charge on any atom is 0.255 e. The number of rotatable bonds is 4. The van der Waals surface area contributed by atoms with Gasteiger partial charge in [0.15, 0.2) is 0 Å². The Morgan fingerprint density at radius 3 is 2.62 bits per heavy atom. The molecule has 1 aliphatic rings. The van der Waals surface area contributed by atoms with Crippen molar-refractivity contribution in [2.75, 3.05) is 33.3 Å². The first-order valence-electron chi connectivity index (χ1n) is 7.66. The summed E-state index contributed by atoms with van der Waals surface area (Å²) in [5, 5.41) is 0. The molecule has 2 aromatic rings. The van der Waals surface area contributed by atoms with E-state index >= 15 is 0 Å². The summed E-state index contributed by atoms with van der Waals surface area (Å²) in [6, 6.07) is 9.47. The highest BCUT2D eigenvalue weighted by atomic mass is 79.9. The first-order valence-corrected chi connectivity index (χ1v) is 9.65. The van der Waals surface area contributed by atoms with Crippen molar-refractivity contribution in [3.8, 4) is 5.75 Å². The van der Waals surface area contributed by atoms with Crippen LogP contribution in [0.1, 0.15) is 15.2 Å². The molecule has 0 N–H and O–H groups in total. The summed E-state index contributed by atoms with van der Waals surface area (Å²) in [5.74, 6) is 0.731. The van der Waals surface area contributed by atoms with E-state index in [1.54, 1.807) is 24.5 Å². The van der Waals surface area contributed by atoms with Crippen LogP contribution in [-0.2, 0) is 6.54 Å². The lowest BCUT2D eigenvalue weighted by molar-refractivity contribution is 0.0628. The van der Waals surface area contributed by atoms with Crippen molar-refractivity contribution in [3.63, 3.8) is 0 Å². The summed E-state index contributed by atoms with van der Waals surface area (Å²) in [5.41, 5.74) is 0.646. The van der Waals surface area contributed by atoms with E-state index in [9.17, 15) is 4.79 Å². The van der Waals surface area contributed by atoms with Crippen molar-refractivity contribution in [1.82, 2.24) is 9.80 Å². The Balaban J connectivity index is 1.61. The number of piperazine rings is 1. The van der Waals surface area contributed by atoms with E-state index in [1.807, 2.05) is 23.1 Å². The molecule has 0 atom stereocenters. The number of hydrogen-bond donors (Lipinski definition) is 0. The first kappa shape index (κ1) is 17.7. The van der Waals surface area contributed by atoms with E-state index < -0.39 is 0 Å². The van der Waals surface area contributed by atoms with E-state index in [1.165, 1.54) is 4.88 Å². The van der Waals surface area contributed by atoms with Crippen LogP contribution >= 0.6 is 38.9 Å². The standard InChI is InChI=1S/C17H18BrClN2O2S/c1-23-12-2-4-15(18)14(10-12)17(22)21-8-6-20(7-9-21)11-13-3-5-16(19)24-13/h2-5,10H,6-9,11H2,1H3. The van der Waals surface area contributed by atoms with Gasteiger partial charge < -0.3 is 9.64 Å². The smallest absolute Gasteiger partial charge is 0.255 e. The summed E-state index contributed by atoms with van der Waals surface area (Å²) in [6.07, 6.45) is 0. The monoisotopic (exact) mass is 428 g/mol. The molecule has 1 amide bonds. The Kier molecular flexibility index (Phi) is 5.81. The molecule has 0 spiro atoms. The second-order valence-corrected chi connectivity index (χ2v) is 8.27. The highest BCUT2D eigenvalue weighted by Crippen LogP contribution is 2.25. The predicted molar refractivity (Wildman–Crippen MR) is 101 cm³/mol. The number of nitrogens with zero attached hydrogens (tertiary/aromatic N) is 2. The molecule has 1 saturated heterocycles. The molecule has 0 aliphatic carbocycles. The van der Waals surface area contributed by atoms with Crippen LogP contribution in [0.2, 0.25) is 4.34 Å². The number of methoxy groups -OCH3 is 1. The molecule has 0 radical (unpaired) electrons. The SMILES string of the molecule is COc1ccc(Br)c(C(=O)N2CCN(Cc3ccc(Cl)s3)CC2)c1. The lowest BCUT2D eigenvalue weighted by atomic mass is 10.1. The zero-order valence-electron chi connectivity index (χ0n) is 13.3. The lowest BCUT2D eigenvalue weighted by Gasteiger charge is -2.34. The van der Waals surface area contributed by atoms with Crippen molar-refractivity contribution in [1.29, 1.82) is 0 Å². The number of halogens is 2. The van der Waals surface area contributed by atoms with Crippen LogP contribution in [0.4, 0.5) is 0 Å². The van der Waals surface area contributed by atoms with E-state index in [2.05, 4.69) is 26.9 Å². The minimum Gasteiger partial charge on any atom is -0.497 e. The molecule has 0 bridgehead atoms. The predicted octanol–water partition coefficient (Wildman–Crippen LogP) is 4.13. The topological polar surface area (TPSA) is 32.8 Å². The Morgan fingerprint density at radius 1 is 1.25 bits per heavy atom. The lowest BCUT2D eigenvalue weighted by Crippen LogP contribution is -2.48. The van der Waals surface area contributed by atoms with E-state index in [0.29, 0.717) is 11.3 Å². The molecule has 0 saturated carbocycles. The molecule has 2 heterocycles. The first-order chi connectivity index (χ1) is 11.6. The van der Waals surface area contributed by atoms with Crippen molar-refractivity contribution in [2.45, 2.75) is 6.54 Å². The summed E-state index contributed by atoms with van der Waals surface area (Å²) in [6.45, 7) is 4.07. The van der Waals surface area contributed by atoms with Gasteiger partial charge in [0, 0.05) is 42.1 Å². The molecular formula is C17H18BrClN2O2S. The highest BCUT2D eigenvalue weighted by molar-refractivity contribution is 9.10. The van der Waals surface area contributed by atoms with Crippen LogP contribution in [0, 0.1) is 0 Å². The minimum absolute atomic E-state index is 0.0413. The summed E-state index contributed by atoms with van der Waals surface area (Å²) < 4.78 is 6.84. The number of carbonyl (C=O) groups is 1. The third kappa shape index (κ3) is 4.11. The van der Waals surface area contributed by atoms with Crippen LogP contribution < -0.4 is 4.74 Å². The van der Waals surface area contributed by atoms with Gasteiger partial charge in [-0.2, -0.15) is 0 Å². The van der Waals surface area contributed by atoms with Crippen LogP contribution in [0.25, 0.3) is 0 Å². The van der Waals surface area contributed by atoms with Crippen LogP contribution in [-0.4, -0.2) is 49.0 Å². The zero-order chi connectivity index (χ0) is 17.1. The van der Waals surface area contributed by atoms with Crippen LogP contribution in [0.15, 0.2) is 34.8 Å². The number of benzene rings is 1. The van der Waals surface area contributed by atoms with Gasteiger partial charge in [0.25, 0.3) is 5.91 Å². The molecule has 1 aliphatic heterocycles. The third-order valence-corrected chi connectivity index (χ3v) is 5.98. The molecule has 1 aromatic carbocycles. The highest BCUT2D eigenvalue weighted by Gasteiger charge is 2.24. The van der Waals surface area contributed by atoms with Gasteiger partial charge in [0.1, 0.15) is 5.75 Å². The van der Waals surface area contributed by atoms with E-state index in [0.717, 1.165) is 41.5 Å². The van der Waals surface area contributed by atoms with Gasteiger partial charge in [-0.15, -0.1) is 11.3 Å². The van der Waals surface area contributed by atoms with Crippen LogP contribution in [0.5, 0.6) is 5.75 Å². The van der Waals surface area contributed by atoms with Crippen molar-refractivity contribution < 1.29 is 9.53 Å². The second-order valence-electron chi connectivity index (χ2n) is 5.62. The molecule has 0 unspecified atom stereocenters. The van der Waals surface area contributed by atoms with Crippen LogP contribution in [0.3, 0.4) is 0 Å². The molecule has 1 fully saturated rings. The summed E-state index contributed by atoms with van der Waals surface area (Å²) in [7, 11) is 1.60. The largest absolute Gasteiger partial charge is 0.497 e. The van der Waals surface area contributed by atoms with Gasteiger partial charge in [-0.25, -0.2) is 0 Å². The molecule has 128 valence electrons. The number of ether oxygens (including phenoxy) is 1. The van der Waals surface area contributed by atoms with Gasteiger partial charge in [0.2, 0.25) is 0 Å². The van der Waals surface area contributed by atoms with Gasteiger partial charge in [0.05, 0.1) is 17.0 Å². The number of thiophene rings is 1. The molecular weight excluding hydrogens is 412 g/mol. The van der Waals surface area contributed by atoms with Gasteiger partial charge in [-0.05, 0) is 46.3 Å². The van der Waals surface area contributed by atoms with Gasteiger partial charge >= 0.3 is 0 Å². The Labute approximate surface area is 159 Å². The average molecular weight is 430 g/mol. The summed E-state index contributed by atoms with van der Waals surface area (Å²) >= 11 is 11.1. The normalized spacial score (nSPS) is 15.5. The van der Waals surface area contributed by atoms with Crippen molar-refractivity contribution >= 4 is 44.8 Å². The molecule has 4 nitrogen and oxygen atoms in total. The van der Waals surface area contributed by atoms with Crippen molar-refractivity contribution in [2.24, 2.45) is 0 Å². The number of hydrogen-bond acceptors (Lipinski definition) is 4. The minimum atomic E-state index is 0.0413. The number of carbonyl (C=O) groups excluding carboxylic acids is 1. The van der Waals surface area contributed by atoms with E-state index in [-0.39, 0.29) is 5.91 Å². The fourth-order valence-corrected chi connectivity index (χ4v) is 4.28. The Hall–Kier alpha value is -1.08. The molecule has 3 rings (SSSR count). The second kappa shape index (κ2) is 7.87. The van der Waals surface area contributed by atoms with E-state index in [4.69, 9.17) is 16.3 Å². The van der Waals surface area contributed by atoms with Crippen molar-refractivity contribution in [3.05, 3.63) is 49.6 Å². The third-order valence-electron chi connectivity index (χ3n) is 4.07. The maximum absolute atomic E-state index is 12.8. The zero-order valence-corrected chi connectivity index (χ0v) is 16.5. The number of amides is 1. The van der Waals surface area contributed by atoms with Gasteiger partial charge in [-0.1, -0.05) is 11.6 Å². The Morgan fingerprint density at radius 2 is 2.00 bits per heavy atom.